The number of carbonyl (C=O) groups is 2. The maximum atomic E-state index is 12.8. The van der Waals surface area contributed by atoms with Crippen LogP contribution in [0.25, 0.3) is 11.3 Å². The van der Waals surface area contributed by atoms with Crippen molar-refractivity contribution in [2.75, 3.05) is 45.7 Å². The van der Waals surface area contributed by atoms with E-state index in [4.69, 9.17) is 23.2 Å². The molecule has 0 unspecified atom stereocenters. The van der Waals surface area contributed by atoms with Crippen molar-refractivity contribution in [2.45, 2.75) is 0 Å². The minimum Gasteiger partial charge on any atom is -0.348 e. The van der Waals surface area contributed by atoms with Crippen LogP contribution >= 0.6 is 34.5 Å². The van der Waals surface area contributed by atoms with Crippen molar-refractivity contribution in [3.8, 4) is 11.3 Å². The van der Waals surface area contributed by atoms with Crippen molar-refractivity contribution in [1.82, 2.24) is 14.8 Å². The van der Waals surface area contributed by atoms with Gasteiger partial charge in [-0.15, -0.1) is 17.9 Å². The summed E-state index contributed by atoms with van der Waals surface area (Å²) in [5.74, 6) is -0.231. The van der Waals surface area contributed by atoms with Crippen molar-refractivity contribution in [3.63, 3.8) is 0 Å². The van der Waals surface area contributed by atoms with Gasteiger partial charge in [-0.25, -0.2) is 4.98 Å². The lowest BCUT2D eigenvalue weighted by Crippen LogP contribution is -2.42. The Balaban J connectivity index is 2.16. The van der Waals surface area contributed by atoms with Crippen LogP contribution in [0.3, 0.4) is 0 Å². The molecule has 28 heavy (non-hydrogen) atoms. The Morgan fingerprint density at radius 2 is 1.82 bits per heavy atom. The quantitative estimate of drug-likeness (QED) is 0.587. The summed E-state index contributed by atoms with van der Waals surface area (Å²) in [4.78, 5) is 33.9. The molecule has 0 aliphatic rings. The first kappa shape index (κ1) is 22.4. The standard InChI is InChI=1S/C19H22Cl2N4O2S/c1-5-8-25(18(27)11-24(4)10-17(26)23(2)3)19-22-16(12-28-19)13-6-7-14(20)15(21)9-13/h5-7,9,12H,1,8,10-11H2,2-4H3. The smallest absolute Gasteiger partial charge is 0.243 e. The molecule has 0 bridgehead atoms. The third-order valence-corrected chi connectivity index (χ3v) is 5.46. The molecule has 6 nitrogen and oxygen atoms in total. The minimum absolute atomic E-state index is 0.0678. The largest absolute Gasteiger partial charge is 0.348 e. The zero-order valence-electron chi connectivity index (χ0n) is 16.0. The van der Waals surface area contributed by atoms with Gasteiger partial charge < -0.3 is 4.90 Å². The fraction of sp³-hybridized carbons (Fsp3) is 0.316. The molecule has 0 aliphatic heterocycles. The Hall–Kier alpha value is -1.93. The molecule has 0 radical (unpaired) electrons. The van der Waals surface area contributed by atoms with E-state index in [0.29, 0.717) is 27.4 Å². The first-order valence-corrected chi connectivity index (χ1v) is 10.1. The van der Waals surface area contributed by atoms with Crippen LogP contribution in [-0.2, 0) is 9.59 Å². The molecule has 2 aromatic rings. The van der Waals surface area contributed by atoms with Gasteiger partial charge in [0.1, 0.15) is 0 Å². The SMILES string of the molecule is C=CCN(C(=O)CN(C)CC(=O)N(C)C)c1nc(-c2ccc(Cl)c(Cl)c2)cs1. The van der Waals surface area contributed by atoms with Gasteiger partial charge in [0.15, 0.2) is 5.13 Å². The van der Waals surface area contributed by atoms with E-state index in [1.54, 1.807) is 49.2 Å². The van der Waals surface area contributed by atoms with Crippen LogP contribution in [-0.4, -0.2) is 67.4 Å². The highest BCUT2D eigenvalue weighted by Gasteiger charge is 2.21. The zero-order valence-corrected chi connectivity index (χ0v) is 18.3. The number of anilines is 1. The number of halogens is 2. The Morgan fingerprint density at radius 1 is 1.14 bits per heavy atom. The van der Waals surface area contributed by atoms with Gasteiger partial charge in [0.25, 0.3) is 0 Å². The van der Waals surface area contributed by atoms with Crippen molar-refractivity contribution in [1.29, 1.82) is 0 Å². The van der Waals surface area contributed by atoms with Gasteiger partial charge in [0, 0.05) is 31.6 Å². The molecule has 0 aliphatic carbocycles. The summed E-state index contributed by atoms with van der Waals surface area (Å²) < 4.78 is 0. The van der Waals surface area contributed by atoms with Crippen LogP contribution in [0, 0.1) is 0 Å². The molecule has 2 amide bonds. The molecule has 0 fully saturated rings. The van der Waals surface area contributed by atoms with Crippen LogP contribution in [0.2, 0.25) is 10.0 Å². The fourth-order valence-corrected chi connectivity index (χ4v) is 3.50. The number of nitrogens with zero attached hydrogens (tertiary/aromatic N) is 4. The van der Waals surface area contributed by atoms with Crippen LogP contribution in [0.15, 0.2) is 36.2 Å². The summed E-state index contributed by atoms with van der Waals surface area (Å²) in [6.07, 6.45) is 1.64. The predicted molar refractivity (Wildman–Crippen MR) is 116 cm³/mol. The maximum absolute atomic E-state index is 12.8. The van der Waals surface area contributed by atoms with Gasteiger partial charge in [-0.3, -0.25) is 19.4 Å². The second kappa shape index (κ2) is 10.0. The van der Waals surface area contributed by atoms with Crippen LogP contribution < -0.4 is 4.90 Å². The van der Waals surface area contributed by atoms with Crippen LogP contribution in [0.5, 0.6) is 0 Å². The van der Waals surface area contributed by atoms with Gasteiger partial charge in [-0.2, -0.15) is 0 Å². The molecular weight excluding hydrogens is 419 g/mol. The number of benzene rings is 1. The molecule has 1 heterocycles. The average Bonchev–Trinajstić information content (AvgIpc) is 3.11. The highest BCUT2D eigenvalue weighted by molar-refractivity contribution is 7.14. The summed E-state index contributed by atoms with van der Waals surface area (Å²) in [5, 5.41) is 3.33. The molecule has 0 spiro atoms. The molecule has 1 aromatic carbocycles. The molecule has 2 rings (SSSR count). The van der Waals surface area contributed by atoms with Crippen LogP contribution in [0.1, 0.15) is 0 Å². The average molecular weight is 441 g/mol. The second-order valence-electron chi connectivity index (χ2n) is 6.40. The van der Waals surface area contributed by atoms with E-state index >= 15 is 0 Å². The second-order valence-corrected chi connectivity index (χ2v) is 8.05. The summed E-state index contributed by atoms with van der Waals surface area (Å²) in [6, 6.07) is 5.28. The van der Waals surface area contributed by atoms with Gasteiger partial charge in [-0.1, -0.05) is 35.3 Å². The van der Waals surface area contributed by atoms with E-state index < -0.39 is 0 Å². The lowest BCUT2D eigenvalue weighted by Gasteiger charge is -2.23. The number of hydrogen-bond donors (Lipinski definition) is 0. The van der Waals surface area contributed by atoms with Crippen molar-refractivity contribution < 1.29 is 9.59 Å². The number of hydrogen-bond acceptors (Lipinski definition) is 5. The van der Waals surface area contributed by atoms with Crippen molar-refractivity contribution >= 4 is 51.5 Å². The highest BCUT2D eigenvalue weighted by Crippen LogP contribution is 2.31. The third-order valence-electron chi connectivity index (χ3n) is 3.86. The van der Waals surface area contributed by atoms with Gasteiger partial charge >= 0.3 is 0 Å². The van der Waals surface area contributed by atoms with E-state index in [2.05, 4.69) is 11.6 Å². The topological polar surface area (TPSA) is 56.8 Å². The summed E-state index contributed by atoms with van der Waals surface area (Å²) in [6.45, 7) is 4.30. The van der Waals surface area contributed by atoms with E-state index in [1.807, 2.05) is 11.4 Å². The summed E-state index contributed by atoms with van der Waals surface area (Å²) in [7, 11) is 5.10. The van der Waals surface area contributed by atoms with Gasteiger partial charge in [-0.05, 0) is 19.2 Å². The summed E-state index contributed by atoms with van der Waals surface area (Å²) >= 11 is 13.4. The maximum Gasteiger partial charge on any atom is 0.243 e. The lowest BCUT2D eigenvalue weighted by atomic mass is 10.2. The molecule has 9 heteroatoms. The Morgan fingerprint density at radius 3 is 2.43 bits per heavy atom. The number of likely N-dealkylation sites (N-methyl/N-ethyl adjacent to an activating group) is 2. The Kier molecular flexibility index (Phi) is 8.00. The minimum atomic E-state index is -0.163. The number of amides is 2. The van der Waals surface area contributed by atoms with E-state index in [1.165, 1.54) is 16.2 Å². The molecule has 0 N–H and O–H groups in total. The van der Waals surface area contributed by atoms with E-state index in [9.17, 15) is 9.59 Å². The molecular formula is C19H22Cl2N4O2S. The molecule has 0 saturated heterocycles. The monoisotopic (exact) mass is 440 g/mol. The predicted octanol–water partition coefficient (Wildman–Crippen LogP) is 3.66. The first-order chi connectivity index (χ1) is 13.2. The highest BCUT2D eigenvalue weighted by atomic mass is 35.5. The van der Waals surface area contributed by atoms with Crippen LogP contribution in [0.4, 0.5) is 5.13 Å². The normalized spacial score (nSPS) is 10.8. The summed E-state index contributed by atoms with van der Waals surface area (Å²) in [5.41, 5.74) is 1.52. The molecule has 1 aromatic heterocycles. The van der Waals surface area contributed by atoms with E-state index in [0.717, 1.165) is 5.56 Å². The molecule has 0 saturated carbocycles. The molecule has 0 atom stereocenters. The number of rotatable bonds is 8. The van der Waals surface area contributed by atoms with Crippen molar-refractivity contribution in [2.24, 2.45) is 0 Å². The third kappa shape index (κ3) is 5.78. The van der Waals surface area contributed by atoms with Crippen molar-refractivity contribution in [3.05, 3.63) is 46.3 Å². The lowest BCUT2D eigenvalue weighted by molar-refractivity contribution is -0.130. The van der Waals surface area contributed by atoms with Gasteiger partial charge in [0.2, 0.25) is 11.8 Å². The molecule has 150 valence electrons. The fourth-order valence-electron chi connectivity index (χ4n) is 2.34. The van der Waals surface area contributed by atoms with E-state index in [-0.39, 0.29) is 24.9 Å². The number of aromatic nitrogens is 1. The zero-order chi connectivity index (χ0) is 20.8. The first-order valence-electron chi connectivity index (χ1n) is 8.43. The Bertz CT molecular complexity index is 869. The Labute approximate surface area is 179 Å². The van der Waals surface area contributed by atoms with Gasteiger partial charge in [0.05, 0.1) is 28.8 Å². The number of carbonyl (C=O) groups excluding carboxylic acids is 2. The number of thiazole rings is 1.